The molecule has 0 aliphatic heterocycles. The molecule has 2 saturated carbocycles. The molecular weight excluding hydrogens is 288 g/mol. The molecule has 4 nitrogen and oxygen atoms in total. The highest BCUT2D eigenvalue weighted by molar-refractivity contribution is 5.97. The fourth-order valence-electron chi connectivity index (χ4n) is 4.22. The zero-order chi connectivity index (χ0) is 16.4. The normalized spacial score (nSPS) is 25.4. The smallest absolute Gasteiger partial charge is 0.253 e. The Bertz CT molecular complexity index is 595. The first-order valence-electron chi connectivity index (χ1n) is 8.82. The van der Waals surface area contributed by atoms with Crippen molar-refractivity contribution >= 4 is 17.5 Å². The zero-order valence-corrected chi connectivity index (χ0v) is 14.0. The summed E-state index contributed by atoms with van der Waals surface area (Å²) in [5.41, 5.74) is 1.37. The zero-order valence-electron chi connectivity index (χ0n) is 14.0. The van der Waals surface area contributed by atoms with Crippen LogP contribution >= 0.6 is 0 Å². The van der Waals surface area contributed by atoms with Gasteiger partial charge in [-0.2, -0.15) is 0 Å². The van der Waals surface area contributed by atoms with Crippen LogP contribution in [0.3, 0.4) is 0 Å². The highest BCUT2D eigenvalue weighted by atomic mass is 16.2. The van der Waals surface area contributed by atoms with Crippen molar-refractivity contribution in [2.75, 3.05) is 18.4 Å². The lowest BCUT2D eigenvalue weighted by molar-refractivity contribution is -0.121. The number of hydrogen-bond donors (Lipinski definition) is 1. The van der Waals surface area contributed by atoms with Crippen LogP contribution in [0.4, 0.5) is 5.69 Å². The third-order valence-corrected chi connectivity index (χ3v) is 5.50. The van der Waals surface area contributed by atoms with Crippen LogP contribution < -0.4 is 5.32 Å². The van der Waals surface area contributed by atoms with Crippen molar-refractivity contribution in [1.29, 1.82) is 0 Å². The number of fused-ring (bicyclic) bond motifs is 2. The average molecular weight is 314 g/mol. The summed E-state index contributed by atoms with van der Waals surface area (Å²) >= 11 is 0. The monoisotopic (exact) mass is 314 g/mol. The second-order valence-electron chi connectivity index (χ2n) is 6.83. The number of nitrogens with zero attached hydrogens (tertiary/aromatic N) is 1. The van der Waals surface area contributed by atoms with Crippen molar-refractivity contribution < 1.29 is 9.59 Å². The van der Waals surface area contributed by atoms with E-state index in [1.54, 1.807) is 11.0 Å². The number of rotatable bonds is 5. The standard InChI is InChI=1S/C19H26N2O2/c1-3-21(4-2)19(23)15-6-5-7-16(12-15)20-18(22)17-11-13-8-9-14(17)10-13/h5-7,12-14,17H,3-4,8-11H2,1-2H3,(H,20,22). The van der Waals surface area contributed by atoms with Gasteiger partial charge in [0, 0.05) is 30.3 Å². The topological polar surface area (TPSA) is 49.4 Å². The van der Waals surface area contributed by atoms with E-state index in [1.807, 2.05) is 32.0 Å². The largest absolute Gasteiger partial charge is 0.339 e. The summed E-state index contributed by atoms with van der Waals surface area (Å²) in [5, 5.41) is 3.03. The van der Waals surface area contributed by atoms with E-state index in [9.17, 15) is 9.59 Å². The maximum atomic E-state index is 12.5. The average Bonchev–Trinajstić information content (AvgIpc) is 3.19. The molecule has 3 atom stereocenters. The summed E-state index contributed by atoms with van der Waals surface area (Å²) in [4.78, 5) is 26.7. The Morgan fingerprint density at radius 1 is 1.17 bits per heavy atom. The van der Waals surface area contributed by atoms with Crippen LogP contribution in [0.2, 0.25) is 0 Å². The predicted molar refractivity (Wildman–Crippen MR) is 91.3 cm³/mol. The number of carbonyl (C=O) groups excluding carboxylic acids is 2. The highest BCUT2D eigenvalue weighted by Crippen LogP contribution is 2.48. The summed E-state index contributed by atoms with van der Waals surface area (Å²) in [5.74, 6) is 1.64. The molecule has 2 aliphatic rings. The lowest BCUT2D eigenvalue weighted by atomic mass is 9.88. The second kappa shape index (κ2) is 6.73. The van der Waals surface area contributed by atoms with Gasteiger partial charge in [-0.3, -0.25) is 9.59 Å². The molecule has 4 heteroatoms. The first-order valence-corrected chi connectivity index (χ1v) is 8.82. The number of anilines is 1. The van der Waals surface area contributed by atoms with E-state index in [1.165, 1.54) is 19.3 Å². The summed E-state index contributed by atoms with van der Waals surface area (Å²) in [6.07, 6.45) is 4.75. The van der Waals surface area contributed by atoms with E-state index in [0.717, 1.165) is 18.0 Å². The fraction of sp³-hybridized carbons (Fsp3) is 0.579. The number of amides is 2. The van der Waals surface area contributed by atoms with Gasteiger partial charge >= 0.3 is 0 Å². The molecule has 1 N–H and O–H groups in total. The molecule has 0 aromatic heterocycles. The number of hydrogen-bond acceptors (Lipinski definition) is 2. The summed E-state index contributed by atoms with van der Waals surface area (Å²) < 4.78 is 0. The predicted octanol–water partition coefficient (Wildman–Crippen LogP) is 3.54. The first kappa shape index (κ1) is 16.0. The van der Waals surface area contributed by atoms with Crippen LogP contribution in [0.25, 0.3) is 0 Å². The molecule has 23 heavy (non-hydrogen) atoms. The van der Waals surface area contributed by atoms with Crippen LogP contribution in [-0.4, -0.2) is 29.8 Å². The number of nitrogens with one attached hydrogen (secondary N) is 1. The van der Waals surface area contributed by atoms with E-state index in [2.05, 4.69) is 5.32 Å². The second-order valence-corrected chi connectivity index (χ2v) is 6.83. The molecule has 1 aromatic rings. The van der Waals surface area contributed by atoms with Gasteiger partial charge in [0.15, 0.2) is 0 Å². The van der Waals surface area contributed by atoms with Gasteiger partial charge in [0.25, 0.3) is 5.91 Å². The Balaban J connectivity index is 1.68. The molecule has 0 saturated heterocycles. The third kappa shape index (κ3) is 3.26. The molecule has 0 heterocycles. The molecule has 3 rings (SSSR count). The molecule has 2 bridgehead atoms. The van der Waals surface area contributed by atoms with Crippen molar-refractivity contribution in [1.82, 2.24) is 4.90 Å². The van der Waals surface area contributed by atoms with Gasteiger partial charge in [0.1, 0.15) is 0 Å². The van der Waals surface area contributed by atoms with Gasteiger partial charge < -0.3 is 10.2 Å². The van der Waals surface area contributed by atoms with Crippen LogP contribution in [0.5, 0.6) is 0 Å². The van der Waals surface area contributed by atoms with E-state index in [4.69, 9.17) is 0 Å². The fourth-order valence-corrected chi connectivity index (χ4v) is 4.22. The van der Waals surface area contributed by atoms with Gasteiger partial charge in [0.05, 0.1) is 0 Å². The third-order valence-electron chi connectivity index (χ3n) is 5.50. The van der Waals surface area contributed by atoms with Crippen molar-refractivity contribution in [3.05, 3.63) is 29.8 Å². The summed E-state index contributed by atoms with van der Waals surface area (Å²) in [6.45, 7) is 5.33. The number of carbonyl (C=O) groups is 2. The molecule has 3 unspecified atom stereocenters. The Labute approximate surface area is 138 Å². The Morgan fingerprint density at radius 3 is 2.57 bits per heavy atom. The maximum Gasteiger partial charge on any atom is 0.253 e. The maximum absolute atomic E-state index is 12.5. The Kier molecular flexibility index (Phi) is 4.69. The molecule has 1 aromatic carbocycles. The lowest BCUT2D eigenvalue weighted by Crippen LogP contribution is -2.30. The minimum Gasteiger partial charge on any atom is -0.339 e. The van der Waals surface area contributed by atoms with Gasteiger partial charge in [-0.15, -0.1) is 0 Å². The van der Waals surface area contributed by atoms with E-state index >= 15 is 0 Å². The number of benzene rings is 1. The van der Waals surface area contributed by atoms with Gasteiger partial charge in [-0.05, 0) is 63.1 Å². The van der Waals surface area contributed by atoms with Gasteiger partial charge in [-0.25, -0.2) is 0 Å². The molecular formula is C19H26N2O2. The van der Waals surface area contributed by atoms with Gasteiger partial charge in [0.2, 0.25) is 5.91 Å². The van der Waals surface area contributed by atoms with E-state index < -0.39 is 0 Å². The Morgan fingerprint density at radius 2 is 1.96 bits per heavy atom. The van der Waals surface area contributed by atoms with E-state index in [-0.39, 0.29) is 17.7 Å². The molecule has 0 spiro atoms. The molecule has 124 valence electrons. The molecule has 2 amide bonds. The van der Waals surface area contributed by atoms with E-state index in [0.29, 0.717) is 24.6 Å². The minimum atomic E-state index is 0.0195. The van der Waals surface area contributed by atoms with Crippen molar-refractivity contribution in [2.45, 2.75) is 39.5 Å². The van der Waals surface area contributed by atoms with Crippen molar-refractivity contribution in [2.24, 2.45) is 17.8 Å². The molecule has 2 fully saturated rings. The highest BCUT2D eigenvalue weighted by Gasteiger charge is 2.43. The van der Waals surface area contributed by atoms with Crippen LogP contribution in [0, 0.1) is 17.8 Å². The lowest BCUT2D eigenvalue weighted by Gasteiger charge is -2.21. The SMILES string of the molecule is CCN(CC)C(=O)c1cccc(NC(=O)C2CC3CCC2C3)c1. The van der Waals surface area contributed by atoms with Crippen LogP contribution in [0.15, 0.2) is 24.3 Å². The summed E-state index contributed by atoms with van der Waals surface area (Å²) in [6, 6.07) is 7.32. The van der Waals surface area contributed by atoms with Crippen molar-refractivity contribution in [3.8, 4) is 0 Å². The van der Waals surface area contributed by atoms with Crippen molar-refractivity contribution in [3.63, 3.8) is 0 Å². The quantitative estimate of drug-likeness (QED) is 0.903. The molecule has 2 aliphatic carbocycles. The van der Waals surface area contributed by atoms with Crippen LogP contribution in [-0.2, 0) is 4.79 Å². The van der Waals surface area contributed by atoms with Crippen LogP contribution in [0.1, 0.15) is 49.9 Å². The Hall–Kier alpha value is -1.84. The minimum absolute atomic E-state index is 0.0195. The van der Waals surface area contributed by atoms with Gasteiger partial charge in [-0.1, -0.05) is 12.5 Å². The first-order chi connectivity index (χ1) is 11.1. The molecule has 0 radical (unpaired) electrons. The summed E-state index contributed by atoms with van der Waals surface area (Å²) in [7, 11) is 0.